The predicted molar refractivity (Wildman–Crippen MR) is 121 cm³/mol. The van der Waals surface area contributed by atoms with E-state index in [0.29, 0.717) is 35.2 Å². The van der Waals surface area contributed by atoms with Crippen LogP contribution in [0.2, 0.25) is 0 Å². The summed E-state index contributed by atoms with van der Waals surface area (Å²) in [7, 11) is 3.25. The van der Waals surface area contributed by atoms with Gasteiger partial charge in [0.05, 0.1) is 19.7 Å². The Labute approximate surface area is 184 Å². The molecular formula is C23H24N6O3. The molecule has 9 nitrogen and oxygen atoms in total. The number of methoxy groups -OCH3 is 2. The predicted octanol–water partition coefficient (Wildman–Crippen LogP) is 3.04. The van der Waals surface area contributed by atoms with Gasteiger partial charge < -0.3 is 20.1 Å². The molecular weight excluding hydrogens is 408 g/mol. The van der Waals surface area contributed by atoms with E-state index < -0.39 is 0 Å². The Hall–Kier alpha value is -3.88. The third-order valence-corrected chi connectivity index (χ3v) is 5.67. The highest BCUT2D eigenvalue weighted by Gasteiger charge is 2.23. The molecule has 2 N–H and O–H groups in total. The first-order valence-electron chi connectivity index (χ1n) is 10.6. The molecule has 0 spiro atoms. The molecule has 0 unspecified atom stereocenters. The number of benzene rings is 2. The number of fused-ring (bicyclic) bond motifs is 3. The molecule has 2 aromatic heterocycles. The Balaban J connectivity index is 1.65. The molecule has 0 radical (unpaired) electrons. The van der Waals surface area contributed by atoms with Crippen LogP contribution >= 0.6 is 0 Å². The maximum Gasteiger partial charge on any atom is 0.242 e. The highest BCUT2D eigenvalue weighted by atomic mass is 16.5. The molecule has 0 saturated carbocycles. The number of nitrogens with zero attached hydrogens (tertiary/aromatic N) is 4. The van der Waals surface area contributed by atoms with Crippen molar-refractivity contribution in [1.82, 2.24) is 24.9 Å². The number of hydrogen-bond donors (Lipinski definition) is 2. The van der Waals surface area contributed by atoms with Gasteiger partial charge in [-0.05, 0) is 55.7 Å². The number of carbonyl (C=O) groups excluding carboxylic acids is 1. The standard InChI is InChI=1S/C23H24N6O3/c1-31-15-8-6-14(7-9-15)20-27-21-17-11-10-16(32-2)13-19(17)26-23(29(21)28-20)25-18-5-3-4-12-24-22(18)30/h6-11,13,18H,3-5,12H2,1-2H3,(H,24,30)(H,25,26)/t18-/m1/s1. The second-order valence-corrected chi connectivity index (χ2v) is 7.70. The van der Waals surface area contributed by atoms with Crippen molar-refractivity contribution < 1.29 is 14.3 Å². The Morgan fingerprint density at radius 3 is 2.59 bits per heavy atom. The molecule has 1 aliphatic heterocycles. The van der Waals surface area contributed by atoms with Crippen molar-refractivity contribution in [3.05, 3.63) is 42.5 Å². The molecule has 2 aromatic carbocycles. The summed E-state index contributed by atoms with van der Waals surface area (Å²) in [6, 6.07) is 12.8. The highest BCUT2D eigenvalue weighted by Crippen LogP contribution is 2.28. The fourth-order valence-corrected chi connectivity index (χ4v) is 3.90. The van der Waals surface area contributed by atoms with Gasteiger partial charge in [0.2, 0.25) is 11.9 Å². The Bertz CT molecular complexity index is 1280. The van der Waals surface area contributed by atoms with Crippen LogP contribution in [0.4, 0.5) is 5.95 Å². The number of carbonyl (C=O) groups is 1. The average Bonchev–Trinajstić information content (AvgIpc) is 3.18. The van der Waals surface area contributed by atoms with E-state index in [9.17, 15) is 4.79 Å². The normalized spacial score (nSPS) is 16.6. The lowest BCUT2D eigenvalue weighted by Crippen LogP contribution is -2.38. The van der Waals surface area contributed by atoms with E-state index in [1.54, 1.807) is 18.7 Å². The average molecular weight is 432 g/mol. The van der Waals surface area contributed by atoms with Crippen LogP contribution in [0.1, 0.15) is 19.3 Å². The third-order valence-electron chi connectivity index (χ3n) is 5.67. The van der Waals surface area contributed by atoms with Gasteiger partial charge in [-0.15, -0.1) is 5.10 Å². The van der Waals surface area contributed by atoms with Crippen LogP contribution < -0.4 is 20.1 Å². The van der Waals surface area contributed by atoms with E-state index in [0.717, 1.165) is 36.0 Å². The number of ether oxygens (including phenoxy) is 2. The zero-order chi connectivity index (χ0) is 22.1. The highest BCUT2D eigenvalue weighted by molar-refractivity contribution is 5.94. The van der Waals surface area contributed by atoms with Gasteiger partial charge in [0.15, 0.2) is 11.5 Å². The lowest BCUT2D eigenvalue weighted by molar-refractivity contribution is -0.121. The minimum Gasteiger partial charge on any atom is -0.497 e. The lowest BCUT2D eigenvalue weighted by atomic mass is 10.1. The molecule has 1 aliphatic rings. The maximum atomic E-state index is 12.5. The summed E-state index contributed by atoms with van der Waals surface area (Å²) in [6.07, 6.45) is 2.65. The largest absolute Gasteiger partial charge is 0.497 e. The molecule has 1 saturated heterocycles. The second kappa shape index (κ2) is 8.33. The first-order valence-corrected chi connectivity index (χ1v) is 10.6. The van der Waals surface area contributed by atoms with Gasteiger partial charge in [-0.1, -0.05) is 0 Å². The Morgan fingerprint density at radius 2 is 1.81 bits per heavy atom. The van der Waals surface area contributed by atoms with Crippen LogP contribution in [0.15, 0.2) is 42.5 Å². The number of aromatic nitrogens is 4. The molecule has 1 atom stereocenters. The van der Waals surface area contributed by atoms with E-state index in [4.69, 9.17) is 24.5 Å². The van der Waals surface area contributed by atoms with Crippen LogP contribution in [-0.2, 0) is 4.79 Å². The molecule has 5 rings (SSSR count). The zero-order valence-corrected chi connectivity index (χ0v) is 18.0. The van der Waals surface area contributed by atoms with Crippen molar-refractivity contribution in [2.75, 3.05) is 26.1 Å². The van der Waals surface area contributed by atoms with Crippen LogP contribution in [0.3, 0.4) is 0 Å². The first-order chi connectivity index (χ1) is 15.7. The minimum absolute atomic E-state index is 0.0290. The Morgan fingerprint density at radius 1 is 1.03 bits per heavy atom. The van der Waals surface area contributed by atoms with Gasteiger partial charge >= 0.3 is 0 Å². The molecule has 3 heterocycles. The van der Waals surface area contributed by atoms with Gasteiger partial charge in [-0.25, -0.2) is 9.97 Å². The molecule has 0 bridgehead atoms. The van der Waals surface area contributed by atoms with Crippen LogP contribution in [-0.4, -0.2) is 52.3 Å². The molecule has 0 aliphatic carbocycles. The van der Waals surface area contributed by atoms with Crippen molar-refractivity contribution in [3.8, 4) is 22.9 Å². The lowest BCUT2D eigenvalue weighted by Gasteiger charge is -2.16. The van der Waals surface area contributed by atoms with E-state index in [2.05, 4.69) is 10.6 Å². The number of nitrogens with one attached hydrogen (secondary N) is 2. The van der Waals surface area contributed by atoms with Crippen molar-refractivity contribution in [2.24, 2.45) is 0 Å². The monoisotopic (exact) mass is 432 g/mol. The van der Waals surface area contributed by atoms with Crippen molar-refractivity contribution >= 4 is 28.4 Å². The summed E-state index contributed by atoms with van der Waals surface area (Å²) in [5.41, 5.74) is 2.22. The van der Waals surface area contributed by atoms with Gasteiger partial charge in [0, 0.05) is 23.6 Å². The zero-order valence-electron chi connectivity index (χ0n) is 18.0. The van der Waals surface area contributed by atoms with E-state index in [1.165, 1.54) is 0 Å². The number of rotatable bonds is 5. The van der Waals surface area contributed by atoms with E-state index in [-0.39, 0.29) is 11.9 Å². The number of hydrogen-bond acceptors (Lipinski definition) is 7. The van der Waals surface area contributed by atoms with E-state index in [1.807, 2.05) is 42.5 Å². The second-order valence-electron chi connectivity index (χ2n) is 7.70. The van der Waals surface area contributed by atoms with Crippen molar-refractivity contribution in [3.63, 3.8) is 0 Å². The first kappa shape index (κ1) is 20.0. The minimum atomic E-state index is -0.384. The van der Waals surface area contributed by atoms with E-state index >= 15 is 0 Å². The van der Waals surface area contributed by atoms with Gasteiger partial charge in [0.1, 0.15) is 17.5 Å². The molecule has 164 valence electrons. The molecule has 1 amide bonds. The van der Waals surface area contributed by atoms with Crippen LogP contribution in [0, 0.1) is 0 Å². The topological polar surface area (TPSA) is 103 Å². The number of anilines is 1. The molecule has 32 heavy (non-hydrogen) atoms. The van der Waals surface area contributed by atoms with Gasteiger partial charge in [0.25, 0.3) is 0 Å². The summed E-state index contributed by atoms with van der Waals surface area (Å²) in [6.45, 7) is 0.694. The maximum absolute atomic E-state index is 12.5. The fraction of sp³-hybridized carbons (Fsp3) is 0.304. The fourth-order valence-electron chi connectivity index (χ4n) is 3.90. The summed E-state index contributed by atoms with van der Waals surface area (Å²) in [5, 5.41) is 11.8. The SMILES string of the molecule is COc1ccc(-c2nc3c4ccc(OC)cc4nc(N[C@@H]4CCCCNC4=O)n3n2)cc1. The molecule has 1 fully saturated rings. The van der Waals surface area contributed by atoms with Gasteiger partial charge in [-0.3, -0.25) is 4.79 Å². The summed E-state index contributed by atoms with van der Waals surface area (Å²) in [5.74, 6) is 2.46. The Kier molecular flexibility index (Phi) is 5.22. The molecule has 9 heteroatoms. The summed E-state index contributed by atoms with van der Waals surface area (Å²) in [4.78, 5) is 22.1. The van der Waals surface area contributed by atoms with Crippen LogP contribution in [0.25, 0.3) is 27.9 Å². The van der Waals surface area contributed by atoms with Gasteiger partial charge in [-0.2, -0.15) is 4.52 Å². The summed E-state index contributed by atoms with van der Waals surface area (Å²) >= 11 is 0. The number of amides is 1. The smallest absolute Gasteiger partial charge is 0.242 e. The van der Waals surface area contributed by atoms with Crippen molar-refractivity contribution in [2.45, 2.75) is 25.3 Å². The molecule has 4 aromatic rings. The van der Waals surface area contributed by atoms with Crippen molar-refractivity contribution in [1.29, 1.82) is 0 Å². The summed E-state index contributed by atoms with van der Waals surface area (Å²) < 4.78 is 12.3. The van der Waals surface area contributed by atoms with Crippen LogP contribution in [0.5, 0.6) is 11.5 Å². The third kappa shape index (κ3) is 3.66. The quantitative estimate of drug-likeness (QED) is 0.500.